The minimum Gasteiger partial charge on any atom is -0.482 e. The first kappa shape index (κ1) is 9.21. The molecule has 1 aromatic rings. The Morgan fingerprint density at radius 2 is 2.36 bits per heavy atom. The van der Waals surface area contributed by atoms with Gasteiger partial charge in [0.05, 0.1) is 23.3 Å². The molecule has 2 rings (SSSR count). The number of halogens is 1. The first-order valence-electron chi connectivity index (χ1n) is 4.13. The molecule has 0 aromatic carbocycles. The molecule has 0 atom stereocenters. The number of nitro groups is 1. The summed E-state index contributed by atoms with van der Waals surface area (Å²) in [5.41, 5.74) is -0.128. The Morgan fingerprint density at radius 1 is 1.64 bits per heavy atom. The van der Waals surface area contributed by atoms with E-state index in [2.05, 4.69) is 4.98 Å². The van der Waals surface area contributed by atoms with Crippen LogP contribution in [0.5, 0.6) is 5.75 Å². The van der Waals surface area contributed by atoms with E-state index in [1.807, 2.05) is 0 Å². The summed E-state index contributed by atoms with van der Waals surface area (Å²) in [6.45, 7) is 0. The second-order valence-corrected chi connectivity index (χ2v) is 3.44. The molecule has 0 N–H and O–H groups in total. The minimum absolute atomic E-state index is 0.0971. The van der Waals surface area contributed by atoms with E-state index >= 15 is 0 Å². The molecule has 14 heavy (non-hydrogen) atoms. The summed E-state index contributed by atoms with van der Waals surface area (Å²) >= 11 is 5.54. The molecular formula is C8H7ClN2O3. The van der Waals surface area contributed by atoms with Crippen molar-refractivity contribution >= 4 is 17.3 Å². The van der Waals surface area contributed by atoms with Crippen molar-refractivity contribution in [3.05, 3.63) is 27.5 Å². The predicted molar refractivity (Wildman–Crippen MR) is 49.6 cm³/mol. The Labute approximate surface area is 84.8 Å². The van der Waals surface area contributed by atoms with E-state index in [1.54, 1.807) is 0 Å². The summed E-state index contributed by atoms with van der Waals surface area (Å²) in [4.78, 5) is 13.8. The van der Waals surface area contributed by atoms with Crippen LogP contribution in [-0.2, 0) is 0 Å². The number of rotatable bonds is 3. The second kappa shape index (κ2) is 3.42. The van der Waals surface area contributed by atoms with Crippen LogP contribution in [-0.4, -0.2) is 16.0 Å². The van der Waals surface area contributed by atoms with Crippen molar-refractivity contribution < 1.29 is 9.66 Å². The van der Waals surface area contributed by atoms with Gasteiger partial charge in [0.1, 0.15) is 5.15 Å². The number of hydrogen-bond donors (Lipinski definition) is 0. The Balaban J connectivity index is 2.31. The zero-order chi connectivity index (χ0) is 10.1. The Kier molecular flexibility index (Phi) is 2.25. The van der Waals surface area contributed by atoms with Crippen LogP contribution in [0.3, 0.4) is 0 Å². The minimum atomic E-state index is -0.523. The maximum atomic E-state index is 10.6. The first-order chi connectivity index (χ1) is 6.66. The van der Waals surface area contributed by atoms with Crippen molar-refractivity contribution in [1.82, 2.24) is 4.98 Å². The maximum absolute atomic E-state index is 10.6. The number of hydrogen-bond acceptors (Lipinski definition) is 4. The van der Waals surface area contributed by atoms with E-state index in [-0.39, 0.29) is 22.7 Å². The number of ether oxygens (including phenoxy) is 1. The average molecular weight is 215 g/mol. The van der Waals surface area contributed by atoms with E-state index in [4.69, 9.17) is 16.3 Å². The summed E-state index contributed by atoms with van der Waals surface area (Å²) in [6.07, 6.45) is 3.29. The van der Waals surface area contributed by atoms with E-state index < -0.39 is 4.92 Å². The van der Waals surface area contributed by atoms with Gasteiger partial charge in [-0.15, -0.1) is 0 Å². The largest absolute Gasteiger partial charge is 0.482 e. The normalized spacial score (nSPS) is 15.2. The highest BCUT2D eigenvalue weighted by Gasteiger charge is 2.27. The van der Waals surface area contributed by atoms with Gasteiger partial charge in [-0.3, -0.25) is 10.1 Å². The van der Waals surface area contributed by atoms with Crippen LogP contribution in [0.4, 0.5) is 5.69 Å². The van der Waals surface area contributed by atoms with Crippen molar-refractivity contribution in [3.8, 4) is 5.75 Å². The molecule has 1 aliphatic carbocycles. The lowest BCUT2D eigenvalue weighted by Gasteiger charge is -2.03. The van der Waals surface area contributed by atoms with Crippen LogP contribution in [0.25, 0.3) is 0 Å². The molecule has 1 aromatic heterocycles. The monoisotopic (exact) mass is 214 g/mol. The van der Waals surface area contributed by atoms with Crippen molar-refractivity contribution in [1.29, 1.82) is 0 Å². The smallest absolute Gasteiger partial charge is 0.315 e. The molecule has 1 heterocycles. The number of nitrogens with zero attached hydrogens (tertiary/aromatic N) is 2. The molecule has 1 saturated carbocycles. The van der Waals surface area contributed by atoms with Crippen LogP contribution >= 0.6 is 11.6 Å². The van der Waals surface area contributed by atoms with E-state index in [0.717, 1.165) is 12.8 Å². The van der Waals surface area contributed by atoms with Crippen LogP contribution in [0.2, 0.25) is 5.15 Å². The molecule has 74 valence electrons. The lowest BCUT2D eigenvalue weighted by molar-refractivity contribution is -0.386. The maximum Gasteiger partial charge on any atom is 0.315 e. The van der Waals surface area contributed by atoms with Crippen molar-refractivity contribution in [2.24, 2.45) is 0 Å². The van der Waals surface area contributed by atoms with Gasteiger partial charge in [-0.2, -0.15) is 0 Å². The van der Waals surface area contributed by atoms with E-state index in [0.29, 0.717) is 0 Å². The first-order valence-corrected chi connectivity index (χ1v) is 4.51. The van der Waals surface area contributed by atoms with Gasteiger partial charge in [-0.25, -0.2) is 4.98 Å². The zero-order valence-corrected chi connectivity index (χ0v) is 7.90. The molecule has 0 radical (unpaired) electrons. The molecule has 0 unspecified atom stereocenters. The third kappa shape index (κ3) is 1.93. The molecule has 5 nitrogen and oxygen atoms in total. The van der Waals surface area contributed by atoms with Gasteiger partial charge in [0.2, 0.25) is 5.75 Å². The topological polar surface area (TPSA) is 65.3 Å². The second-order valence-electron chi connectivity index (χ2n) is 3.05. The van der Waals surface area contributed by atoms with Crippen LogP contribution < -0.4 is 4.74 Å². The third-order valence-electron chi connectivity index (χ3n) is 1.83. The summed E-state index contributed by atoms with van der Waals surface area (Å²) in [7, 11) is 0. The fourth-order valence-corrected chi connectivity index (χ4v) is 1.16. The van der Waals surface area contributed by atoms with Crippen LogP contribution in [0, 0.1) is 10.1 Å². The lowest BCUT2D eigenvalue weighted by Crippen LogP contribution is -2.00. The van der Waals surface area contributed by atoms with E-state index in [9.17, 15) is 10.1 Å². The van der Waals surface area contributed by atoms with Crippen molar-refractivity contribution in [3.63, 3.8) is 0 Å². The summed E-state index contributed by atoms with van der Waals surface area (Å²) in [5, 5.41) is 10.7. The quantitative estimate of drug-likeness (QED) is 0.440. The van der Waals surface area contributed by atoms with E-state index in [1.165, 1.54) is 12.3 Å². The number of aromatic nitrogens is 1. The fraction of sp³-hybridized carbons (Fsp3) is 0.375. The van der Waals surface area contributed by atoms with Gasteiger partial charge >= 0.3 is 5.69 Å². The SMILES string of the molecule is O=[N+]([O-])c1cc(Cl)ncc1OC1CC1. The highest BCUT2D eigenvalue weighted by Crippen LogP contribution is 2.33. The van der Waals surface area contributed by atoms with Gasteiger partial charge in [0.15, 0.2) is 0 Å². The Bertz CT molecular complexity index is 379. The molecule has 0 saturated heterocycles. The fourth-order valence-electron chi connectivity index (χ4n) is 1.01. The molecule has 0 aliphatic heterocycles. The molecule has 6 heteroatoms. The lowest BCUT2D eigenvalue weighted by atomic mass is 10.4. The predicted octanol–water partition coefficient (Wildman–Crippen LogP) is 2.18. The van der Waals surface area contributed by atoms with Gasteiger partial charge in [0, 0.05) is 0 Å². The molecule has 0 amide bonds. The summed E-state index contributed by atoms with van der Waals surface area (Å²) in [5.74, 6) is 0.196. The Morgan fingerprint density at radius 3 is 2.93 bits per heavy atom. The zero-order valence-electron chi connectivity index (χ0n) is 7.14. The standard InChI is InChI=1S/C8H7ClN2O3/c9-8-3-6(11(12)13)7(4-10-8)14-5-1-2-5/h3-5H,1-2H2. The third-order valence-corrected chi connectivity index (χ3v) is 2.03. The van der Waals surface area contributed by atoms with Crippen molar-refractivity contribution in [2.45, 2.75) is 18.9 Å². The molecule has 0 spiro atoms. The summed E-state index contributed by atoms with van der Waals surface area (Å²) in [6, 6.07) is 1.19. The van der Waals surface area contributed by atoms with Crippen molar-refractivity contribution in [2.75, 3.05) is 0 Å². The number of pyridine rings is 1. The molecule has 1 fully saturated rings. The average Bonchev–Trinajstić information content (AvgIpc) is 2.91. The van der Waals surface area contributed by atoms with Crippen LogP contribution in [0.1, 0.15) is 12.8 Å². The molecular weight excluding hydrogens is 208 g/mol. The van der Waals surface area contributed by atoms with Gasteiger partial charge in [0.25, 0.3) is 0 Å². The highest BCUT2D eigenvalue weighted by atomic mass is 35.5. The Hall–Kier alpha value is -1.36. The van der Waals surface area contributed by atoms with Gasteiger partial charge in [-0.1, -0.05) is 11.6 Å². The van der Waals surface area contributed by atoms with Gasteiger partial charge < -0.3 is 4.74 Å². The molecule has 1 aliphatic rings. The van der Waals surface area contributed by atoms with Crippen LogP contribution in [0.15, 0.2) is 12.3 Å². The highest BCUT2D eigenvalue weighted by molar-refractivity contribution is 6.29. The summed E-state index contributed by atoms with van der Waals surface area (Å²) < 4.78 is 5.31. The molecule has 0 bridgehead atoms. The van der Waals surface area contributed by atoms with Gasteiger partial charge in [-0.05, 0) is 12.8 Å².